The Morgan fingerprint density at radius 3 is 3.32 bits per heavy atom. The van der Waals surface area contributed by atoms with Crippen LogP contribution >= 0.6 is 27.3 Å². The van der Waals surface area contributed by atoms with E-state index in [0.717, 1.165) is 41.4 Å². The summed E-state index contributed by atoms with van der Waals surface area (Å²) in [5.74, 6) is 0. The van der Waals surface area contributed by atoms with Crippen molar-refractivity contribution in [3.8, 4) is 0 Å². The van der Waals surface area contributed by atoms with Crippen LogP contribution < -0.4 is 5.32 Å². The van der Waals surface area contributed by atoms with E-state index < -0.39 is 0 Å². The maximum atomic E-state index is 5.73. The minimum absolute atomic E-state index is 0.248. The Bertz CT molecular complexity index is 574. The van der Waals surface area contributed by atoms with Crippen LogP contribution in [-0.4, -0.2) is 49.3 Å². The first-order valence-electron chi connectivity index (χ1n) is 6.31. The summed E-state index contributed by atoms with van der Waals surface area (Å²) in [6.45, 7) is 3.62. The van der Waals surface area contributed by atoms with E-state index in [0.29, 0.717) is 0 Å². The first-order chi connectivity index (χ1) is 9.20. The molecule has 1 aromatic carbocycles. The molecule has 102 valence electrons. The van der Waals surface area contributed by atoms with Crippen LogP contribution in [0, 0.1) is 0 Å². The summed E-state index contributed by atoms with van der Waals surface area (Å²) < 4.78 is 7.99. The van der Waals surface area contributed by atoms with E-state index in [4.69, 9.17) is 4.74 Å². The van der Waals surface area contributed by atoms with E-state index >= 15 is 0 Å². The second-order valence-electron chi connectivity index (χ2n) is 4.77. The highest BCUT2D eigenvalue weighted by atomic mass is 79.9. The van der Waals surface area contributed by atoms with Crippen molar-refractivity contribution in [1.82, 2.24) is 9.88 Å². The highest BCUT2D eigenvalue weighted by molar-refractivity contribution is 9.10. The number of likely N-dealkylation sites (N-methyl/N-ethyl adjacent to an activating group) is 1. The van der Waals surface area contributed by atoms with Crippen LogP contribution in [0.2, 0.25) is 0 Å². The third kappa shape index (κ3) is 3.25. The molecule has 19 heavy (non-hydrogen) atoms. The van der Waals surface area contributed by atoms with Crippen molar-refractivity contribution in [1.29, 1.82) is 0 Å². The minimum atomic E-state index is 0.248. The lowest BCUT2D eigenvalue weighted by Crippen LogP contribution is -2.43. The van der Waals surface area contributed by atoms with Gasteiger partial charge in [0.2, 0.25) is 0 Å². The predicted octanol–water partition coefficient (Wildman–Crippen LogP) is 2.80. The number of halogens is 1. The van der Waals surface area contributed by atoms with Gasteiger partial charge in [-0.2, -0.15) is 0 Å². The van der Waals surface area contributed by atoms with E-state index in [9.17, 15) is 0 Å². The number of thiazole rings is 1. The number of aromatic nitrogens is 1. The van der Waals surface area contributed by atoms with Gasteiger partial charge in [0.05, 0.1) is 22.9 Å². The third-order valence-corrected chi connectivity index (χ3v) is 4.66. The second kappa shape index (κ2) is 5.75. The normalized spacial score (nSPS) is 20.8. The molecule has 3 rings (SSSR count). The van der Waals surface area contributed by atoms with Crippen LogP contribution in [0.15, 0.2) is 22.7 Å². The SMILES string of the molecule is CN1CCOC(CNc2nc3cc(Br)ccc3s2)C1. The zero-order chi connectivity index (χ0) is 13.2. The fourth-order valence-electron chi connectivity index (χ4n) is 2.17. The summed E-state index contributed by atoms with van der Waals surface area (Å²) in [7, 11) is 2.13. The number of nitrogens with one attached hydrogen (secondary N) is 1. The maximum absolute atomic E-state index is 5.73. The Balaban J connectivity index is 1.65. The topological polar surface area (TPSA) is 37.4 Å². The number of benzene rings is 1. The Hall–Kier alpha value is -0.690. The Labute approximate surface area is 124 Å². The van der Waals surface area contributed by atoms with Gasteiger partial charge in [0, 0.05) is 24.1 Å². The van der Waals surface area contributed by atoms with Gasteiger partial charge in [0.25, 0.3) is 0 Å². The molecular formula is C13H16BrN3OS. The molecule has 1 saturated heterocycles. The molecule has 2 aromatic rings. The smallest absolute Gasteiger partial charge is 0.183 e. The molecule has 1 atom stereocenters. The molecule has 0 saturated carbocycles. The van der Waals surface area contributed by atoms with Gasteiger partial charge < -0.3 is 15.0 Å². The van der Waals surface area contributed by atoms with Crippen molar-refractivity contribution in [3.05, 3.63) is 22.7 Å². The molecule has 0 amide bonds. The number of rotatable bonds is 3. The first-order valence-corrected chi connectivity index (χ1v) is 7.92. The van der Waals surface area contributed by atoms with Crippen LogP contribution in [0.3, 0.4) is 0 Å². The van der Waals surface area contributed by atoms with Crippen molar-refractivity contribution in [2.24, 2.45) is 0 Å². The predicted molar refractivity (Wildman–Crippen MR) is 83.0 cm³/mol. The lowest BCUT2D eigenvalue weighted by molar-refractivity contribution is -0.0117. The molecule has 1 aliphatic rings. The van der Waals surface area contributed by atoms with E-state index in [1.165, 1.54) is 4.70 Å². The van der Waals surface area contributed by atoms with Crippen LogP contribution in [0.5, 0.6) is 0 Å². The average Bonchev–Trinajstić information content (AvgIpc) is 2.78. The van der Waals surface area contributed by atoms with E-state index in [2.05, 4.69) is 44.2 Å². The van der Waals surface area contributed by atoms with Crippen LogP contribution in [-0.2, 0) is 4.74 Å². The van der Waals surface area contributed by atoms with Crippen molar-refractivity contribution in [2.75, 3.05) is 38.6 Å². The summed E-state index contributed by atoms with van der Waals surface area (Å²) >= 11 is 5.15. The molecule has 0 radical (unpaired) electrons. The van der Waals surface area contributed by atoms with Gasteiger partial charge in [-0.3, -0.25) is 0 Å². The van der Waals surface area contributed by atoms with Gasteiger partial charge in [-0.1, -0.05) is 27.3 Å². The van der Waals surface area contributed by atoms with Gasteiger partial charge in [-0.15, -0.1) is 0 Å². The highest BCUT2D eigenvalue weighted by Gasteiger charge is 2.17. The molecule has 1 aliphatic heterocycles. The van der Waals surface area contributed by atoms with Crippen LogP contribution in [0.25, 0.3) is 10.2 Å². The molecular weight excluding hydrogens is 326 g/mol. The van der Waals surface area contributed by atoms with Gasteiger partial charge >= 0.3 is 0 Å². The monoisotopic (exact) mass is 341 g/mol. The molecule has 1 unspecified atom stereocenters. The summed E-state index contributed by atoms with van der Waals surface area (Å²) in [6.07, 6.45) is 0.248. The minimum Gasteiger partial charge on any atom is -0.374 e. The second-order valence-corrected chi connectivity index (χ2v) is 6.71. The molecule has 4 nitrogen and oxygen atoms in total. The fourth-order valence-corrected chi connectivity index (χ4v) is 3.37. The maximum Gasteiger partial charge on any atom is 0.183 e. The van der Waals surface area contributed by atoms with Gasteiger partial charge in [-0.05, 0) is 25.2 Å². The Morgan fingerprint density at radius 1 is 1.58 bits per heavy atom. The fraction of sp³-hybridized carbons (Fsp3) is 0.462. The molecule has 1 N–H and O–H groups in total. The summed E-state index contributed by atoms with van der Waals surface area (Å²) in [5.41, 5.74) is 1.03. The summed E-state index contributed by atoms with van der Waals surface area (Å²) in [6, 6.07) is 6.18. The number of fused-ring (bicyclic) bond motifs is 1. The van der Waals surface area contributed by atoms with Crippen molar-refractivity contribution in [3.63, 3.8) is 0 Å². The first kappa shape index (κ1) is 13.3. The lowest BCUT2D eigenvalue weighted by Gasteiger charge is -2.29. The van der Waals surface area contributed by atoms with E-state index in [1.807, 2.05) is 12.1 Å². The number of anilines is 1. The standard InChI is InChI=1S/C13H16BrN3OS/c1-17-4-5-18-10(8-17)7-15-13-16-11-6-9(14)2-3-12(11)19-13/h2-3,6,10H,4-5,7-8H2,1H3,(H,15,16). The Kier molecular flexibility index (Phi) is 4.02. The molecule has 1 fully saturated rings. The van der Waals surface area contributed by atoms with Crippen LogP contribution in [0.1, 0.15) is 0 Å². The third-order valence-electron chi connectivity index (χ3n) is 3.17. The molecule has 1 aromatic heterocycles. The summed E-state index contributed by atoms with van der Waals surface area (Å²) in [4.78, 5) is 6.88. The molecule has 0 spiro atoms. The van der Waals surface area contributed by atoms with E-state index in [1.54, 1.807) is 11.3 Å². The number of morpholine rings is 1. The molecule has 6 heteroatoms. The molecule has 0 bridgehead atoms. The Morgan fingerprint density at radius 2 is 2.47 bits per heavy atom. The number of nitrogens with zero attached hydrogens (tertiary/aromatic N) is 2. The van der Waals surface area contributed by atoms with Gasteiger partial charge in [0.1, 0.15) is 0 Å². The average molecular weight is 342 g/mol. The largest absolute Gasteiger partial charge is 0.374 e. The molecule has 0 aliphatic carbocycles. The number of ether oxygens (including phenoxy) is 1. The number of hydrogen-bond acceptors (Lipinski definition) is 5. The van der Waals surface area contributed by atoms with E-state index in [-0.39, 0.29) is 6.10 Å². The quantitative estimate of drug-likeness (QED) is 0.931. The summed E-state index contributed by atoms with van der Waals surface area (Å²) in [5, 5.41) is 4.35. The highest BCUT2D eigenvalue weighted by Crippen LogP contribution is 2.28. The van der Waals surface area contributed by atoms with Crippen molar-refractivity contribution < 1.29 is 4.74 Å². The van der Waals surface area contributed by atoms with Crippen molar-refractivity contribution in [2.45, 2.75) is 6.10 Å². The van der Waals surface area contributed by atoms with Gasteiger partial charge in [0.15, 0.2) is 5.13 Å². The lowest BCUT2D eigenvalue weighted by atomic mass is 10.3. The zero-order valence-electron chi connectivity index (χ0n) is 10.7. The molecule has 2 heterocycles. The van der Waals surface area contributed by atoms with Gasteiger partial charge in [-0.25, -0.2) is 4.98 Å². The van der Waals surface area contributed by atoms with Crippen molar-refractivity contribution >= 4 is 42.6 Å². The van der Waals surface area contributed by atoms with Crippen LogP contribution in [0.4, 0.5) is 5.13 Å². The number of hydrogen-bond donors (Lipinski definition) is 1. The zero-order valence-corrected chi connectivity index (χ0v) is 13.1.